The molecule has 0 amide bonds. The number of aliphatic hydroxyl groups is 1. The van der Waals surface area contributed by atoms with Crippen LogP contribution < -0.4 is 5.32 Å². The van der Waals surface area contributed by atoms with Crippen molar-refractivity contribution in [3.63, 3.8) is 0 Å². The Morgan fingerprint density at radius 1 is 1.38 bits per heavy atom. The summed E-state index contributed by atoms with van der Waals surface area (Å²) in [4.78, 5) is 2.51. The molecular weight excluding hydrogens is 200 g/mol. The van der Waals surface area contributed by atoms with Crippen molar-refractivity contribution in [2.45, 2.75) is 45.6 Å². The fourth-order valence-corrected chi connectivity index (χ4v) is 2.87. The van der Waals surface area contributed by atoms with Crippen LogP contribution in [-0.2, 0) is 0 Å². The highest BCUT2D eigenvalue weighted by atomic mass is 16.3. The Kier molecular flexibility index (Phi) is 5.73. The van der Waals surface area contributed by atoms with Gasteiger partial charge in [0.15, 0.2) is 0 Å². The molecule has 16 heavy (non-hydrogen) atoms. The van der Waals surface area contributed by atoms with Gasteiger partial charge < -0.3 is 15.3 Å². The fraction of sp³-hybridized carbons (Fsp3) is 1.00. The van der Waals surface area contributed by atoms with E-state index in [1.165, 1.54) is 12.8 Å². The molecule has 1 unspecified atom stereocenters. The Morgan fingerprint density at radius 3 is 2.50 bits per heavy atom. The number of rotatable bonds is 6. The first kappa shape index (κ1) is 13.9. The third-order valence-corrected chi connectivity index (χ3v) is 3.62. The summed E-state index contributed by atoms with van der Waals surface area (Å²) in [5.74, 6) is 0. The average molecular weight is 228 g/mol. The average Bonchev–Trinajstić information content (AvgIpc) is 2.22. The first-order valence-corrected chi connectivity index (χ1v) is 6.64. The summed E-state index contributed by atoms with van der Waals surface area (Å²) < 4.78 is 0. The SMILES string of the molecule is CCCC(C)(CNC)CN1CCC(O)CC1. The highest BCUT2D eigenvalue weighted by molar-refractivity contribution is 4.82. The minimum absolute atomic E-state index is 0.0574. The lowest BCUT2D eigenvalue weighted by atomic mass is 9.84. The lowest BCUT2D eigenvalue weighted by molar-refractivity contribution is 0.0577. The molecule has 0 aliphatic carbocycles. The number of nitrogens with zero attached hydrogens (tertiary/aromatic N) is 1. The van der Waals surface area contributed by atoms with Crippen LogP contribution in [0.1, 0.15) is 39.5 Å². The van der Waals surface area contributed by atoms with Gasteiger partial charge in [0.1, 0.15) is 0 Å². The minimum Gasteiger partial charge on any atom is -0.393 e. The van der Waals surface area contributed by atoms with Gasteiger partial charge in [-0.2, -0.15) is 0 Å². The lowest BCUT2D eigenvalue weighted by Crippen LogP contribution is -2.45. The number of piperidine rings is 1. The van der Waals surface area contributed by atoms with Crippen LogP contribution in [0.5, 0.6) is 0 Å². The molecule has 1 saturated heterocycles. The Hall–Kier alpha value is -0.120. The van der Waals surface area contributed by atoms with E-state index in [2.05, 4.69) is 24.1 Å². The molecule has 0 saturated carbocycles. The molecule has 1 heterocycles. The van der Waals surface area contributed by atoms with E-state index in [0.717, 1.165) is 39.0 Å². The quantitative estimate of drug-likeness (QED) is 0.722. The normalized spacial score (nSPS) is 23.2. The van der Waals surface area contributed by atoms with E-state index in [-0.39, 0.29) is 6.10 Å². The fourth-order valence-electron chi connectivity index (χ4n) is 2.87. The third-order valence-electron chi connectivity index (χ3n) is 3.62. The summed E-state index contributed by atoms with van der Waals surface area (Å²) in [6, 6.07) is 0. The maximum absolute atomic E-state index is 9.49. The predicted octanol–water partition coefficient (Wildman–Crippen LogP) is 1.47. The van der Waals surface area contributed by atoms with E-state index in [1.807, 2.05) is 7.05 Å². The largest absolute Gasteiger partial charge is 0.393 e. The van der Waals surface area contributed by atoms with Crippen LogP contribution >= 0.6 is 0 Å². The topological polar surface area (TPSA) is 35.5 Å². The van der Waals surface area contributed by atoms with Crippen LogP contribution in [0.25, 0.3) is 0 Å². The van der Waals surface area contributed by atoms with Gasteiger partial charge in [-0.3, -0.25) is 0 Å². The molecule has 1 rings (SSSR count). The summed E-state index contributed by atoms with van der Waals surface area (Å²) in [5.41, 5.74) is 0.381. The molecule has 1 aliphatic rings. The van der Waals surface area contributed by atoms with E-state index >= 15 is 0 Å². The molecular formula is C13H28N2O. The van der Waals surface area contributed by atoms with Gasteiger partial charge in [-0.25, -0.2) is 0 Å². The Labute approximate surface area is 100 Å². The van der Waals surface area contributed by atoms with Gasteiger partial charge in [-0.05, 0) is 31.7 Å². The van der Waals surface area contributed by atoms with Crippen LogP contribution in [0, 0.1) is 5.41 Å². The molecule has 3 heteroatoms. The molecule has 0 aromatic carbocycles. The monoisotopic (exact) mass is 228 g/mol. The Morgan fingerprint density at radius 2 is 2.00 bits per heavy atom. The summed E-state index contributed by atoms with van der Waals surface area (Å²) >= 11 is 0. The number of hydrogen-bond donors (Lipinski definition) is 2. The lowest BCUT2D eigenvalue weighted by Gasteiger charge is -2.38. The molecule has 0 aromatic heterocycles. The van der Waals surface area contributed by atoms with Crippen molar-refractivity contribution >= 4 is 0 Å². The minimum atomic E-state index is -0.0574. The molecule has 3 nitrogen and oxygen atoms in total. The van der Waals surface area contributed by atoms with E-state index in [1.54, 1.807) is 0 Å². The van der Waals surface area contributed by atoms with Crippen molar-refractivity contribution in [1.82, 2.24) is 10.2 Å². The number of likely N-dealkylation sites (tertiary alicyclic amines) is 1. The van der Waals surface area contributed by atoms with E-state index in [9.17, 15) is 5.11 Å². The number of hydrogen-bond acceptors (Lipinski definition) is 3. The van der Waals surface area contributed by atoms with Gasteiger partial charge in [0.05, 0.1) is 6.10 Å². The zero-order valence-corrected chi connectivity index (χ0v) is 11.1. The Bertz CT molecular complexity index is 182. The molecule has 0 spiro atoms. The zero-order valence-electron chi connectivity index (χ0n) is 11.1. The van der Waals surface area contributed by atoms with Crippen molar-refractivity contribution in [3.05, 3.63) is 0 Å². The maximum Gasteiger partial charge on any atom is 0.0564 e. The van der Waals surface area contributed by atoms with Crippen molar-refractivity contribution in [3.8, 4) is 0 Å². The highest BCUT2D eigenvalue weighted by Gasteiger charge is 2.27. The molecule has 96 valence electrons. The van der Waals surface area contributed by atoms with Gasteiger partial charge in [0.2, 0.25) is 0 Å². The first-order chi connectivity index (χ1) is 7.59. The summed E-state index contributed by atoms with van der Waals surface area (Å²) in [7, 11) is 2.04. The Balaban J connectivity index is 2.41. The molecule has 1 atom stereocenters. The van der Waals surface area contributed by atoms with Crippen molar-refractivity contribution < 1.29 is 5.11 Å². The van der Waals surface area contributed by atoms with Gasteiger partial charge in [0, 0.05) is 26.2 Å². The zero-order chi connectivity index (χ0) is 12.0. The van der Waals surface area contributed by atoms with Gasteiger partial charge in [-0.1, -0.05) is 20.3 Å². The van der Waals surface area contributed by atoms with Gasteiger partial charge in [0.25, 0.3) is 0 Å². The molecule has 0 bridgehead atoms. The van der Waals surface area contributed by atoms with E-state index < -0.39 is 0 Å². The van der Waals surface area contributed by atoms with E-state index in [0.29, 0.717) is 5.41 Å². The van der Waals surface area contributed by atoms with Crippen LogP contribution in [-0.4, -0.2) is 49.3 Å². The standard InChI is InChI=1S/C13H28N2O/c1-4-7-13(2,10-14-3)11-15-8-5-12(16)6-9-15/h12,14,16H,4-11H2,1-3H3. The highest BCUT2D eigenvalue weighted by Crippen LogP contribution is 2.25. The predicted molar refractivity (Wildman–Crippen MR) is 68.6 cm³/mol. The molecule has 0 aromatic rings. The summed E-state index contributed by atoms with van der Waals surface area (Å²) in [6.45, 7) is 8.99. The first-order valence-electron chi connectivity index (χ1n) is 6.64. The van der Waals surface area contributed by atoms with Crippen LogP contribution in [0.3, 0.4) is 0 Å². The summed E-state index contributed by atoms with van der Waals surface area (Å²) in [6.07, 6.45) is 4.35. The molecule has 0 radical (unpaired) electrons. The molecule has 1 aliphatic heterocycles. The maximum atomic E-state index is 9.49. The van der Waals surface area contributed by atoms with Crippen LogP contribution in [0.15, 0.2) is 0 Å². The molecule has 1 fully saturated rings. The van der Waals surface area contributed by atoms with Crippen molar-refractivity contribution in [1.29, 1.82) is 0 Å². The second-order valence-electron chi connectivity index (χ2n) is 5.60. The van der Waals surface area contributed by atoms with Crippen molar-refractivity contribution in [2.75, 3.05) is 33.2 Å². The number of aliphatic hydroxyl groups excluding tert-OH is 1. The van der Waals surface area contributed by atoms with E-state index in [4.69, 9.17) is 0 Å². The second-order valence-corrected chi connectivity index (χ2v) is 5.60. The summed E-state index contributed by atoms with van der Waals surface area (Å²) in [5, 5.41) is 12.8. The van der Waals surface area contributed by atoms with Gasteiger partial charge in [-0.15, -0.1) is 0 Å². The smallest absolute Gasteiger partial charge is 0.0564 e. The molecule has 2 N–H and O–H groups in total. The third kappa shape index (κ3) is 4.40. The second kappa shape index (κ2) is 6.58. The van der Waals surface area contributed by atoms with Crippen LogP contribution in [0.2, 0.25) is 0 Å². The van der Waals surface area contributed by atoms with Crippen LogP contribution in [0.4, 0.5) is 0 Å². The van der Waals surface area contributed by atoms with Crippen molar-refractivity contribution in [2.24, 2.45) is 5.41 Å². The number of nitrogens with one attached hydrogen (secondary N) is 1. The van der Waals surface area contributed by atoms with Gasteiger partial charge >= 0.3 is 0 Å².